The molecule has 0 saturated carbocycles. The van der Waals surface area contributed by atoms with E-state index in [-0.39, 0.29) is 0 Å². The van der Waals surface area contributed by atoms with Gasteiger partial charge in [0.15, 0.2) is 0 Å². The second kappa shape index (κ2) is 6.54. The quantitative estimate of drug-likeness (QED) is 0.946. The van der Waals surface area contributed by atoms with Gasteiger partial charge in [-0.3, -0.25) is 0 Å². The van der Waals surface area contributed by atoms with Gasteiger partial charge in [-0.15, -0.1) is 0 Å². The molecule has 3 rings (SSSR count). The molecule has 1 aromatic carbocycles. The fourth-order valence-electron chi connectivity index (χ4n) is 2.82. The Bertz CT molecular complexity index is 586. The predicted molar refractivity (Wildman–Crippen MR) is 90.3 cm³/mol. The molecule has 4 nitrogen and oxygen atoms in total. The normalized spacial score (nSPS) is 16.0. The highest BCUT2D eigenvalue weighted by atomic mass is 32.2. The van der Waals surface area contributed by atoms with E-state index in [1.807, 2.05) is 17.8 Å². The second-order valence-electron chi connectivity index (χ2n) is 5.29. The number of hydrogen-bond donors (Lipinski definition) is 1. The summed E-state index contributed by atoms with van der Waals surface area (Å²) >= 11 is 2.03. The Labute approximate surface area is 130 Å². The standard InChI is InChI=1S/C16H22N4S/c1-13-15(12-17)16(19-8-5-10-21-11-9-19)20(18-13)14-6-3-2-4-7-14/h2-4,6-7H,5,8-12,17H2,1H3. The molecule has 2 N–H and O–H groups in total. The van der Waals surface area contributed by atoms with Crippen LogP contribution in [0.4, 0.5) is 5.82 Å². The molecule has 2 heterocycles. The van der Waals surface area contributed by atoms with Crippen LogP contribution in [0.15, 0.2) is 30.3 Å². The number of aromatic nitrogens is 2. The Morgan fingerprint density at radius 1 is 1.19 bits per heavy atom. The molecule has 1 aromatic heterocycles. The Hall–Kier alpha value is -1.46. The van der Waals surface area contributed by atoms with E-state index in [1.165, 1.54) is 29.3 Å². The largest absolute Gasteiger partial charge is 0.355 e. The van der Waals surface area contributed by atoms with Gasteiger partial charge >= 0.3 is 0 Å². The minimum absolute atomic E-state index is 0.539. The summed E-state index contributed by atoms with van der Waals surface area (Å²) in [5.41, 5.74) is 9.31. The van der Waals surface area contributed by atoms with Gasteiger partial charge in [-0.25, -0.2) is 4.68 Å². The molecule has 21 heavy (non-hydrogen) atoms. The summed E-state index contributed by atoms with van der Waals surface area (Å²) in [5.74, 6) is 3.60. The van der Waals surface area contributed by atoms with Crippen LogP contribution >= 0.6 is 11.8 Å². The number of benzene rings is 1. The van der Waals surface area contributed by atoms with Gasteiger partial charge in [0.05, 0.1) is 11.4 Å². The Balaban J connectivity index is 2.07. The third-order valence-electron chi connectivity index (χ3n) is 3.88. The highest BCUT2D eigenvalue weighted by Gasteiger charge is 2.21. The number of nitrogens with two attached hydrogens (primary N) is 1. The first-order chi connectivity index (χ1) is 10.3. The van der Waals surface area contributed by atoms with Gasteiger partial charge in [0.2, 0.25) is 0 Å². The summed E-state index contributed by atoms with van der Waals surface area (Å²) in [4.78, 5) is 2.45. The van der Waals surface area contributed by atoms with Crippen LogP contribution in [0.1, 0.15) is 17.7 Å². The number of rotatable bonds is 3. The zero-order valence-electron chi connectivity index (χ0n) is 12.5. The summed E-state index contributed by atoms with van der Waals surface area (Å²) < 4.78 is 2.06. The molecule has 0 bridgehead atoms. The minimum atomic E-state index is 0.539. The van der Waals surface area contributed by atoms with Crippen LogP contribution in [-0.4, -0.2) is 34.4 Å². The first-order valence-corrected chi connectivity index (χ1v) is 8.63. The monoisotopic (exact) mass is 302 g/mol. The number of hydrogen-bond acceptors (Lipinski definition) is 4. The average molecular weight is 302 g/mol. The van der Waals surface area contributed by atoms with Crippen LogP contribution in [-0.2, 0) is 6.54 Å². The zero-order chi connectivity index (χ0) is 14.7. The molecule has 5 heteroatoms. The van der Waals surface area contributed by atoms with Crippen molar-refractivity contribution in [2.24, 2.45) is 5.73 Å². The molecule has 0 radical (unpaired) electrons. The van der Waals surface area contributed by atoms with Gasteiger partial charge < -0.3 is 10.6 Å². The van der Waals surface area contributed by atoms with Crippen molar-refractivity contribution in [2.75, 3.05) is 29.5 Å². The number of para-hydroxylation sites is 1. The van der Waals surface area contributed by atoms with Crippen molar-refractivity contribution in [2.45, 2.75) is 19.9 Å². The van der Waals surface area contributed by atoms with Crippen LogP contribution in [0, 0.1) is 6.92 Å². The maximum absolute atomic E-state index is 6.00. The number of anilines is 1. The Morgan fingerprint density at radius 2 is 2.00 bits per heavy atom. The molecule has 0 aliphatic carbocycles. The number of thioether (sulfide) groups is 1. The Morgan fingerprint density at radius 3 is 2.76 bits per heavy atom. The smallest absolute Gasteiger partial charge is 0.137 e. The van der Waals surface area contributed by atoms with Crippen molar-refractivity contribution in [3.05, 3.63) is 41.6 Å². The topological polar surface area (TPSA) is 47.1 Å². The van der Waals surface area contributed by atoms with E-state index in [0.29, 0.717) is 6.54 Å². The molecule has 0 amide bonds. The van der Waals surface area contributed by atoms with E-state index in [0.717, 1.165) is 24.5 Å². The van der Waals surface area contributed by atoms with Crippen molar-refractivity contribution in [3.8, 4) is 5.69 Å². The van der Waals surface area contributed by atoms with Gasteiger partial charge in [-0.2, -0.15) is 16.9 Å². The van der Waals surface area contributed by atoms with Crippen LogP contribution in [0.25, 0.3) is 5.69 Å². The first kappa shape index (κ1) is 14.5. The van der Waals surface area contributed by atoms with E-state index in [2.05, 4.69) is 40.8 Å². The van der Waals surface area contributed by atoms with E-state index in [4.69, 9.17) is 10.8 Å². The van der Waals surface area contributed by atoms with Crippen LogP contribution < -0.4 is 10.6 Å². The van der Waals surface area contributed by atoms with Gasteiger partial charge in [0.25, 0.3) is 0 Å². The molecule has 112 valence electrons. The molecular weight excluding hydrogens is 280 g/mol. The van der Waals surface area contributed by atoms with E-state index in [1.54, 1.807) is 0 Å². The highest BCUT2D eigenvalue weighted by Crippen LogP contribution is 2.28. The second-order valence-corrected chi connectivity index (χ2v) is 6.52. The van der Waals surface area contributed by atoms with Gasteiger partial charge in [0, 0.05) is 31.0 Å². The Kier molecular flexibility index (Phi) is 4.51. The summed E-state index contributed by atoms with van der Waals surface area (Å²) in [6.07, 6.45) is 1.22. The molecule has 1 aliphatic heterocycles. The SMILES string of the molecule is Cc1nn(-c2ccccc2)c(N2CCCSCC2)c1CN. The van der Waals surface area contributed by atoms with Gasteiger partial charge in [-0.1, -0.05) is 18.2 Å². The molecule has 0 atom stereocenters. The predicted octanol–water partition coefficient (Wildman–Crippen LogP) is 2.58. The molecular formula is C16H22N4S. The number of aryl methyl sites for hydroxylation is 1. The zero-order valence-corrected chi connectivity index (χ0v) is 13.3. The van der Waals surface area contributed by atoms with Crippen molar-refractivity contribution >= 4 is 17.6 Å². The lowest BCUT2D eigenvalue weighted by molar-refractivity contribution is 0.754. The summed E-state index contributed by atoms with van der Waals surface area (Å²) in [6.45, 7) is 4.74. The van der Waals surface area contributed by atoms with Gasteiger partial charge in [-0.05, 0) is 31.2 Å². The summed E-state index contributed by atoms with van der Waals surface area (Å²) in [7, 11) is 0. The van der Waals surface area contributed by atoms with E-state index >= 15 is 0 Å². The average Bonchev–Trinajstić information content (AvgIpc) is 2.69. The highest BCUT2D eigenvalue weighted by molar-refractivity contribution is 7.99. The summed E-state index contributed by atoms with van der Waals surface area (Å²) in [6, 6.07) is 10.3. The van der Waals surface area contributed by atoms with E-state index < -0.39 is 0 Å². The van der Waals surface area contributed by atoms with Crippen molar-refractivity contribution in [3.63, 3.8) is 0 Å². The fraction of sp³-hybridized carbons (Fsp3) is 0.438. The van der Waals surface area contributed by atoms with Crippen molar-refractivity contribution < 1.29 is 0 Å². The van der Waals surface area contributed by atoms with Crippen LogP contribution in [0.5, 0.6) is 0 Å². The molecule has 0 unspecified atom stereocenters. The lowest BCUT2D eigenvalue weighted by atomic mass is 10.2. The third kappa shape index (κ3) is 2.94. The third-order valence-corrected chi connectivity index (χ3v) is 4.93. The van der Waals surface area contributed by atoms with E-state index in [9.17, 15) is 0 Å². The molecule has 1 saturated heterocycles. The number of nitrogens with zero attached hydrogens (tertiary/aromatic N) is 3. The first-order valence-electron chi connectivity index (χ1n) is 7.48. The minimum Gasteiger partial charge on any atom is -0.355 e. The summed E-state index contributed by atoms with van der Waals surface area (Å²) in [5, 5.41) is 4.75. The van der Waals surface area contributed by atoms with Crippen molar-refractivity contribution in [1.29, 1.82) is 0 Å². The molecule has 0 spiro atoms. The van der Waals surface area contributed by atoms with Gasteiger partial charge in [0.1, 0.15) is 5.82 Å². The fourth-order valence-corrected chi connectivity index (χ4v) is 3.71. The molecule has 1 aliphatic rings. The van der Waals surface area contributed by atoms with Crippen LogP contribution in [0.2, 0.25) is 0 Å². The van der Waals surface area contributed by atoms with Crippen LogP contribution in [0.3, 0.4) is 0 Å². The maximum atomic E-state index is 6.00. The lowest BCUT2D eigenvalue weighted by Gasteiger charge is -2.24. The lowest BCUT2D eigenvalue weighted by Crippen LogP contribution is -2.29. The molecule has 2 aromatic rings. The molecule has 1 fully saturated rings. The van der Waals surface area contributed by atoms with Crippen molar-refractivity contribution in [1.82, 2.24) is 9.78 Å². The maximum Gasteiger partial charge on any atom is 0.137 e.